The number of hydrogen-bond donors (Lipinski definition) is 3. The molecule has 0 fully saturated rings. The van der Waals surface area contributed by atoms with Gasteiger partial charge in [0.1, 0.15) is 0 Å². The molecule has 0 saturated heterocycles. The number of nitrogens with one attached hydrogen (secondary N) is 2. The van der Waals surface area contributed by atoms with Crippen molar-refractivity contribution in [3.8, 4) is 0 Å². The lowest BCUT2D eigenvalue weighted by Gasteiger charge is -2.30. The second-order valence-corrected chi connectivity index (χ2v) is 6.78. The van der Waals surface area contributed by atoms with E-state index in [1.54, 1.807) is 12.1 Å². The van der Waals surface area contributed by atoms with E-state index < -0.39 is 5.91 Å². The van der Waals surface area contributed by atoms with E-state index in [2.05, 4.69) is 60.6 Å². The van der Waals surface area contributed by atoms with E-state index in [1.807, 2.05) is 18.2 Å². The van der Waals surface area contributed by atoms with Crippen LogP contribution in [-0.2, 0) is 6.54 Å². The first-order valence-electron chi connectivity index (χ1n) is 10.3. The molecule has 0 radical (unpaired) electrons. The molecule has 0 aliphatic heterocycles. The highest BCUT2D eigenvalue weighted by molar-refractivity contribution is 5.92. The fourth-order valence-electron chi connectivity index (χ4n) is 3.28. The standard InChI is InChI=1S/C23H33N5O/c1-4-25-23(26-16-18-12-14-20(15-13-18)22(24)29)27-17-21(28(5-2)6-3)19-10-8-7-9-11-19/h7-15,21H,4-6,16-17H2,1-3H3,(H2,24,29)(H2,25,26,27). The molecular weight excluding hydrogens is 362 g/mol. The number of guanidine groups is 1. The van der Waals surface area contributed by atoms with E-state index in [0.717, 1.165) is 37.7 Å². The van der Waals surface area contributed by atoms with Crippen molar-refractivity contribution in [2.45, 2.75) is 33.4 Å². The summed E-state index contributed by atoms with van der Waals surface area (Å²) < 4.78 is 0. The Morgan fingerprint density at radius 3 is 2.21 bits per heavy atom. The Balaban J connectivity index is 2.08. The molecule has 0 spiro atoms. The predicted molar refractivity (Wildman–Crippen MR) is 120 cm³/mol. The number of carbonyl (C=O) groups is 1. The Labute approximate surface area is 174 Å². The average molecular weight is 396 g/mol. The minimum atomic E-state index is -0.418. The number of benzene rings is 2. The van der Waals surface area contributed by atoms with Gasteiger partial charge in [-0.15, -0.1) is 0 Å². The fourth-order valence-corrected chi connectivity index (χ4v) is 3.28. The van der Waals surface area contributed by atoms with Gasteiger partial charge in [-0.05, 0) is 43.3 Å². The van der Waals surface area contributed by atoms with Crippen molar-refractivity contribution in [3.05, 3.63) is 71.3 Å². The maximum Gasteiger partial charge on any atom is 0.248 e. The third-order valence-electron chi connectivity index (χ3n) is 4.90. The highest BCUT2D eigenvalue weighted by Crippen LogP contribution is 2.19. The molecule has 0 bridgehead atoms. The topological polar surface area (TPSA) is 82.7 Å². The summed E-state index contributed by atoms with van der Waals surface area (Å²) in [5.41, 5.74) is 8.12. The highest BCUT2D eigenvalue weighted by atomic mass is 16.1. The average Bonchev–Trinajstić information content (AvgIpc) is 2.75. The largest absolute Gasteiger partial charge is 0.366 e. The normalized spacial score (nSPS) is 12.6. The van der Waals surface area contributed by atoms with Gasteiger partial charge < -0.3 is 16.4 Å². The minimum absolute atomic E-state index is 0.268. The molecule has 29 heavy (non-hydrogen) atoms. The summed E-state index contributed by atoms with van der Waals surface area (Å²) in [6.45, 7) is 10.5. The number of rotatable bonds is 10. The lowest BCUT2D eigenvalue weighted by atomic mass is 10.1. The van der Waals surface area contributed by atoms with E-state index in [9.17, 15) is 4.79 Å². The van der Waals surface area contributed by atoms with Crippen molar-refractivity contribution < 1.29 is 4.79 Å². The van der Waals surface area contributed by atoms with Gasteiger partial charge in [0, 0.05) is 18.7 Å². The lowest BCUT2D eigenvalue weighted by molar-refractivity contribution is 0.100. The Morgan fingerprint density at radius 2 is 1.66 bits per heavy atom. The third-order valence-corrected chi connectivity index (χ3v) is 4.90. The molecule has 2 rings (SSSR count). The molecule has 2 aromatic rings. The van der Waals surface area contributed by atoms with Crippen LogP contribution in [0, 0.1) is 0 Å². The molecule has 0 heterocycles. The van der Waals surface area contributed by atoms with Crippen molar-refractivity contribution >= 4 is 11.9 Å². The Hall–Kier alpha value is -2.86. The number of aliphatic imine (C=N–C) groups is 1. The summed E-state index contributed by atoms with van der Waals surface area (Å²) in [5, 5.41) is 6.80. The molecule has 4 N–H and O–H groups in total. The third kappa shape index (κ3) is 6.91. The maximum absolute atomic E-state index is 11.2. The number of carbonyl (C=O) groups excluding carboxylic acids is 1. The number of primary amides is 1. The van der Waals surface area contributed by atoms with Crippen LogP contribution in [-0.4, -0.2) is 42.9 Å². The van der Waals surface area contributed by atoms with Gasteiger partial charge in [-0.3, -0.25) is 9.69 Å². The molecule has 0 aliphatic rings. The summed E-state index contributed by atoms with van der Waals surface area (Å²) in [6.07, 6.45) is 0. The Morgan fingerprint density at radius 1 is 1.00 bits per heavy atom. The van der Waals surface area contributed by atoms with E-state index in [1.165, 1.54) is 5.56 Å². The summed E-state index contributed by atoms with van der Waals surface area (Å²) in [5.74, 6) is 0.359. The van der Waals surface area contributed by atoms with Crippen LogP contribution in [0.4, 0.5) is 0 Å². The predicted octanol–water partition coefficient (Wildman–Crippen LogP) is 2.92. The van der Waals surface area contributed by atoms with Gasteiger partial charge in [0.15, 0.2) is 5.96 Å². The van der Waals surface area contributed by atoms with Crippen molar-refractivity contribution in [2.75, 3.05) is 26.2 Å². The number of amides is 1. The molecule has 0 aliphatic carbocycles. The van der Waals surface area contributed by atoms with Crippen LogP contribution in [0.15, 0.2) is 59.6 Å². The zero-order chi connectivity index (χ0) is 21.1. The number of nitrogens with two attached hydrogens (primary N) is 1. The van der Waals surface area contributed by atoms with E-state index in [0.29, 0.717) is 12.1 Å². The van der Waals surface area contributed by atoms with Crippen LogP contribution < -0.4 is 16.4 Å². The van der Waals surface area contributed by atoms with Gasteiger partial charge in [0.25, 0.3) is 0 Å². The summed E-state index contributed by atoms with van der Waals surface area (Å²) in [6, 6.07) is 18.1. The summed E-state index contributed by atoms with van der Waals surface area (Å²) >= 11 is 0. The molecule has 1 unspecified atom stereocenters. The Kier molecular flexibility index (Phi) is 9.18. The van der Waals surface area contributed by atoms with Gasteiger partial charge in [-0.1, -0.05) is 56.3 Å². The van der Waals surface area contributed by atoms with Gasteiger partial charge in [0.2, 0.25) is 5.91 Å². The molecule has 156 valence electrons. The van der Waals surface area contributed by atoms with Crippen LogP contribution in [0.2, 0.25) is 0 Å². The second kappa shape index (κ2) is 11.9. The molecule has 2 aromatic carbocycles. The van der Waals surface area contributed by atoms with E-state index in [-0.39, 0.29) is 6.04 Å². The number of nitrogens with zero attached hydrogens (tertiary/aromatic N) is 2. The SMILES string of the molecule is CCNC(=NCc1ccc(C(N)=O)cc1)NCC(c1ccccc1)N(CC)CC. The number of hydrogen-bond acceptors (Lipinski definition) is 3. The molecule has 0 saturated carbocycles. The maximum atomic E-state index is 11.2. The summed E-state index contributed by atoms with van der Waals surface area (Å²) in [7, 11) is 0. The zero-order valence-electron chi connectivity index (χ0n) is 17.7. The van der Waals surface area contributed by atoms with Crippen LogP contribution in [0.5, 0.6) is 0 Å². The molecular formula is C23H33N5O. The second-order valence-electron chi connectivity index (χ2n) is 6.78. The first-order chi connectivity index (χ1) is 14.1. The van der Waals surface area contributed by atoms with Gasteiger partial charge >= 0.3 is 0 Å². The van der Waals surface area contributed by atoms with Gasteiger partial charge in [-0.2, -0.15) is 0 Å². The van der Waals surface area contributed by atoms with Crippen molar-refractivity contribution in [1.29, 1.82) is 0 Å². The molecule has 6 heteroatoms. The molecule has 0 aromatic heterocycles. The van der Waals surface area contributed by atoms with Gasteiger partial charge in [-0.25, -0.2) is 4.99 Å². The smallest absolute Gasteiger partial charge is 0.248 e. The quantitative estimate of drug-likeness (QED) is 0.427. The van der Waals surface area contributed by atoms with Crippen LogP contribution >= 0.6 is 0 Å². The highest BCUT2D eigenvalue weighted by Gasteiger charge is 2.18. The molecule has 1 atom stereocenters. The molecule has 6 nitrogen and oxygen atoms in total. The monoisotopic (exact) mass is 395 g/mol. The first-order valence-corrected chi connectivity index (χ1v) is 10.3. The summed E-state index contributed by atoms with van der Waals surface area (Å²) in [4.78, 5) is 18.3. The van der Waals surface area contributed by atoms with Crippen molar-refractivity contribution in [2.24, 2.45) is 10.7 Å². The minimum Gasteiger partial charge on any atom is -0.366 e. The molecule has 1 amide bonds. The van der Waals surface area contributed by atoms with Crippen LogP contribution in [0.3, 0.4) is 0 Å². The van der Waals surface area contributed by atoms with Crippen LogP contribution in [0.1, 0.15) is 48.3 Å². The Bertz CT molecular complexity index is 770. The fraction of sp³-hybridized carbons (Fsp3) is 0.391. The van der Waals surface area contributed by atoms with Gasteiger partial charge in [0.05, 0.1) is 12.6 Å². The number of likely N-dealkylation sites (N-methyl/N-ethyl adjacent to an activating group) is 1. The van der Waals surface area contributed by atoms with E-state index in [4.69, 9.17) is 10.7 Å². The van der Waals surface area contributed by atoms with E-state index >= 15 is 0 Å². The van der Waals surface area contributed by atoms with Crippen LogP contribution in [0.25, 0.3) is 0 Å². The van der Waals surface area contributed by atoms with Crippen molar-refractivity contribution in [1.82, 2.24) is 15.5 Å². The lowest BCUT2D eigenvalue weighted by Crippen LogP contribution is -2.43. The first kappa shape index (κ1) is 22.4. The zero-order valence-corrected chi connectivity index (χ0v) is 17.7. The van der Waals surface area contributed by atoms with Crippen molar-refractivity contribution in [3.63, 3.8) is 0 Å².